The van der Waals surface area contributed by atoms with Gasteiger partial charge in [0.1, 0.15) is 6.04 Å². The molecule has 6 nitrogen and oxygen atoms in total. The van der Waals surface area contributed by atoms with Crippen molar-refractivity contribution in [2.24, 2.45) is 0 Å². The minimum Gasteiger partial charge on any atom is -0.385 e. The van der Waals surface area contributed by atoms with Gasteiger partial charge in [-0.25, -0.2) is 0 Å². The molecule has 1 saturated heterocycles. The molecule has 5 rings (SSSR count). The predicted molar refractivity (Wildman–Crippen MR) is 119 cm³/mol. The highest BCUT2D eigenvalue weighted by Gasteiger charge is 2.47. The normalized spacial score (nSPS) is 20.8. The Bertz CT molecular complexity index is 1140. The van der Waals surface area contributed by atoms with E-state index in [1.807, 2.05) is 42.5 Å². The first kappa shape index (κ1) is 20.1. The van der Waals surface area contributed by atoms with Gasteiger partial charge in [-0.15, -0.1) is 0 Å². The van der Waals surface area contributed by atoms with E-state index in [0.29, 0.717) is 31.0 Å². The lowest BCUT2D eigenvalue weighted by Gasteiger charge is -2.47. The molecule has 1 unspecified atom stereocenters. The van der Waals surface area contributed by atoms with Crippen LogP contribution in [0.3, 0.4) is 0 Å². The second-order valence-electron chi connectivity index (χ2n) is 8.14. The van der Waals surface area contributed by atoms with Crippen LogP contribution in [0.25, 0.3) is 10.9 Å². The van der Waals surface area contributed by atoms with Crippen molar-refractivity contribution in [1.82, 2.24) is 14.8 Å². The first-order valence-electron chi connectivity index (χ1n) is 10.5. The molecular weight excluding hydrogens is 414 g/mol. The third-order valence-corrected chi connectivity index (χ3v) is 6.56. The summed E-state index contributed by atoms with van der Waals surface area (Å²) in [5.74, 6) is -0.0307. The topological polar surface area (TPSA) is 65.6 Å². The summed E-state index contributed by atoms with van der Waals surface area (Å²) < 4.78 is 5.12. The largest absolute Gasteiger partial charge is 0.385 e. The molecule has 0 saturated carbocycles. The third-order valence-electron chi connectivity index (χ3n) is 6.30. The number of halogens is 1. The van der Waals surface area contributed by atoms with Crippen molar-refractivity contribution in [1.29, 1.82) is 0 Å². The van der Waals surface area contributed by atoms with E-state index in [1.165, 1.54) is 0 Å². The van der Waals surface area contributed by atoms with Gasteiger partial charge in [-0.2, -0.15) is 0 Å². The molecule has 0 aliphatic carbocycles. The summed E-state index contributed by atoms with van der Waals surface area (Å²) in [6.07, 6.45) is 1.22. The maximum atomic E-state index is 13.5. The first-order chi connectivity index (χ1) is 15.1. The predicted octanol–water partition coefficient (Wildman–Crippen LogP) is 3.54. The lowest BCUT2D eigenvalue weighted by Crippen LogP contribution is -2.63. The molecule has 0 bridgehead atoms. The maximum absolute atomic E-state index is 13.5. The zero-order valence-corrected chi connectivity index (χ0v) is 18.1. The van der Waals surface area contributed by atoms with Crippen LogP contribution in [-0.4, -0.2) is 59.4 Å². The molecule has 2 aliphatic rings. The molecule has 2 amide bonds. The summed E-state index contributed by atoms with van der Waals surface area (Å²) in [5.41, 5.74) is 4.05. The van der Waals surface area contributed by atoms with Crippen molar-refractivity contribution in [3.05, 3.63) is 70.4 Å². The van der Waals surface area contributed by atoms with Crippen LogP contribution in [0.1, 0.15) is 29.3 Å². The summed E-state index contributed by atoms with van der Waals surface area (Å²) >= 11 is 6.12. The van der Waals surface area contributed by atoms with E-state index in [2.05, 4.69) is 11.1 Å². The van der Waals surface area contributed by atoms with Crippen LogP contribution in [0, 0.1) is 0 Å². The summed E-state index contributed by atoms with van der Waals surface area (Å²) in [6.45, 7) is 1.18. The molecule has 2 aromatic carbocycles. The number of carbonyl (C=O) groups excluding carboxylic acids is 2. The second kappa shape index (κ2) is 8.02. The van der Waals surface area contributed by atoms with E-state index in [9.17, 15) is 9.59 Å². The Morgan fingerprint density at radius 3 is 2.68 bits per heavy atom. The first-order valence-corrected chi connectivity index (χ1v) is 10.9. The third kappa shape index (κ3) is 3.40. The Hall–Kier alpha value is -2.83. The monoisotopic (exact) mass is 437 g/mol. The van der Waals surface area contributed by atoms with Gasteiger partial charge in [0.15, 0.2) is 0 Å². The molecule has 2 atom stereocenters. The highest BCUT2D eigenvalue weighted by molar-refractivity contribution is 6.30. The van der Waals surface area contributed by atoms with Crippen LogP contribution < -0.4 is 0 Å². The van der Waals surface area contributed by atoms with E-state index in [-0.39, 0.29) is 24.4 Å². The SMILES string of the molecule is COCCCN1CC(=O)N2C(c3ccc(Cl)cc3)c3[nH]c4ccccc4c3C[C@H]2C1=O. The van der Waals surface area contributed by atoms with Gasteiger partial charge in [-0.1, -0.05) is 41.9 Å². The molecule has 3 aromatic rings. The van der Waals surface area contributed by atoms with Crippen LogP contribution in [0.15, 0.2) is 48.5 Å². The van der Waals surface area contributed by atoms with Crippen molar-refractivity contribution < 1.29 is 14.3 Å². The quantitative estimate of drug-likeness (QED) is 0.621. The van der Waals surface area contributed by atoms with Crippen molar-refractivity contribution >= 4 is 34.3 Å². The second-order valence-corrected chi connectivity index (χ2v) is 8.58. The lowest BCUT2D eigenvalue weighted by molar-refractivity contribution is -0.158. The van der Waals surface area contributed by atoms with Gasteiger partial charge < -0.3 is 19.5 Å². The van der Waals surface area contributed by atoms with Crippen LogP contribution in [0.2, 0.25) is 5.02 Å². The number of nitrogens with zero attached hydrogens (tertiary/aromatic N) is 2. The summed E-state index contributed by atoms with van der Waals surface area (Å²) in [5, 5.41) is 1.74. The van der Waals surface area contributed by atoms with Gasteiger partial charge in [0, 0.05) is 48.3 Å². The van der Waals surface area contributed by atoms with E-state index >= 15 is 0 Å². The number of aromatic amines is 1. The number of rotatable bonds is 5. The number of para-hydroxylation sites is 1. The number of hydrogen-bond acceptors (Lipinski definition) is 3. The highest BCUT2D eigenvalue weighted by atomic mass is 35.5. The molecule has 0 radical (unpaired) electrons. The number of nitrogens with one attached hydrogen (secondary N) is 1. The number of carbonyl (C=O) groups is 2. The molecule has 1 N–H and O–H groups in total. The van der Waals surface area contributed by atoms with Gasteiger partial charge in [0.05, 0.1) is 12.6 Å². The molecular formula is C24H24ClN3O3. The summed E-state index contributed by atoms with van der Waals surface area (Å²) in [7, 11) is 1.64. The minimum absolute atomic E-state index is 0.00518. The molecule has 3 heterocycles. The lowest BCUT2D eigenvalue weighted by atomic mass is 9.86. The van der Waals surface area contributed by atoms with Gasteiger partial charge >= 0.3 is 0 Å². The molecule has 1 aromatic heterocycles. The van der Waals surface area contributed by atoms with Crippen LogP contribution in [0.5, 0.6) is 0 Å². The fraction of sp³-hybridized carbons (Fsp3) is 0.333. The highest BCUT2D eigenvalue weighted by Crippen LogP contribution is 2.42. The average Bonchev–Trinajstić information content (AvgIpc) is 3.15. The Morgan fingerprint density at radius 1 is 1.13 bits per heavy atom. The number of benzene rings is 2. The number of fused-ring (bicyclic) bond motifs is 4. The van der Waals surface area contributed by atoms with Crippen LogP contribution in [-0.2, 0) is 20.7 Å². The smallest absolute Gasteiger partial charge is 0.246 e. The van der Waals surface area contributed by atoms with Gasteiger partial charge in [0.2, 0.25) is 11.8 Å². The molecule has 1 fully saturated rings. The fourth-order valence-corrected chi connectivity index (χ4v) is 5.03. The van der Waals surface area contributed by atoms with Crippen molar-refractivity contribution in [3.8, 4) is 0 Å². The Labute approximate surface area is 185 Å². The average molecular weight is 438 g/mol. The fourth-order valence-electron chi connectivity index (χ4n) is 4.90. The van der Waals surface area contributed by atoms with Crippen molar-refractivity contribution in [2.45, 2.75) is 24.9 Å². The van der Waals surface area contributed by atoms with Crippen LogP contribution in [0.4, 0.5) is 0 Å². The number of amides is 2. The number of piperazine rings is 1. The Morgan fingerprint density at radius 2 is 1.90 bits per heavy atom. The number of H-pyrrole nitrogens is 1. The zero-order chi connectivity index (χ0) is 21.5. The van der Waals surface area contributed by atoms with Gasteiger partial charge in [-0.05, 0) is 35.7 Å². The molecule has 0 spiro atoms. The van der Waals surface area contributed by atoms with E-state index in [1.54, 1.807) is 16.9 Å². The van der Waals surface area contributed by atoms with Crippen molar-refractivity contribution in [3.63, 3.8) is 0 Å². The number of hydrogen-bond donors (Lipinski definition) is 1. The maximum Gasteiger partial charge on any atom is 0.246 e. The molecule has 7 heteroatoms. The van der Waals surface area contributed by atoms with Crippen molar-refractivity contribution in [2.75, 3.05) is 26.8 Å². The van der Waals surface area contributed by atoms with E-state index < -0.39 is 6.04 Å². The molecule has 2 aliphatic heterocycles. The van der Waals surface area contributed by atoms with E-state index in [0.717, 1.165) is 27.7 Å². The summed E-state index contributed by atoms with van der Waals surface area (Å²) in [4.78, 5) is 33.8. The standard InChI is InChI=1S/C24H24ClN3O3/c1-31-12-4-11-27-14-21(29)28-20(24(27)30)13-18-17-5-2-3-6-19(17)26-22(18)23(28)15-7-9-16(25)10-8-15/h2-3,5-10,20,23,26H,4,11-14H2,1H3/t20-,23?/m0/s1. The van der Waals surface area contributed by atoms with Crippen LogP contribution >= 0.6 is 11.6 Å². The number of methoxy groups -OCH3 is 1. The number of ether oxygens (including phenoxy) is 1. The summed E-state index contributed by atoms with van der Waals surface area (Å²) in [6, 6.07) is 14.8. The van der Waals surface area contributed by atoms with Gasteiger partial charge in [-0.3, -0.25) is 9.59 Å². The molecule has 31 heavy (non-hydrogen) atoms. The molecule has 160 valence electrons. The van der Waals surface area contributed by atoms with E-state index in [4.69, 9.17) is 16.3 Å². The Balaban J connectivity index is 1.61. The number of aromatic nitrogens is 1. The zero-order valence-electron chi connectivity index (χ0n) is 17.3. The minimum atomic E-state index is -0.517. The van der Waals surface area contributed by atoms with Gasteiger partial charge in [0.25, 0.3) is 0 Å². The Kier molecular flexibility index (Phi) is 5.20.